The Bertz CT molecular complexity index is 1500. The Morgan fingerprint density at radius 3 is 2.25 bits per heavy atom. The highest BCUT2D eigenvalue weighted by Gasteiger charge is 2.39. The van der Waals surface area contributed by atoms with Crippen LogP contribution in [0, 0.1) is 5.92 Å². The number of likely N-dealkylation sites (tertiary alicyclic amines) is 1. The molecular weight excluding hydrogens is 740 g/mol. The number of alkyl carbamates (subject to hydrolysis) is 1. The highest BCUT2D eigenvalue weighted by Crippen LogP contribution is 2.29. The summed E-state index contributed by atoms with van der Waals surface area (Å²) in [5, 5.41) is 34.4. The van der Waals surface area contributed by atoms with E-state index in [1.165, 1.54) is 18.9 Å². The van der Waals surface area contributed by atoms with Gasteiger partial charge >= 0.3 is 18.1 Å². The van der Waals surface area contributed by atoms with Crippen molar-refractivity contribution in [2.45, 2.75) is 102 Å². The lowest BCUT2D eigenvalue weighted by Crippen LogP contribution is -2.54. The standard InChI is InChI=1S/C35H54N8O11S/c1-20(2)29(42-27(45)10-6-5-7-16-43-28(46)17-26(32(43)49)55-19-25(33(50)51)39-21(3)44)31(48)41-24(9-8-15-38-34(36)52)30(47)40-23-13-11-22(12-14-23)18-54-35(53)37-4/h11-14,20,24-26,28-29,46H,5-10,15-19H2,1-4H3,(H,37,53)(H,39,44)(H,40,47)(H,41,48)(H,42,45)(H,50,51)(H3,36,38,52)/t24-,25-,26?,28?,29-/m0/s1. The lowest BCUT2D eigenvalue weighted by atomic mass is 10.0. The fraction of sp³-hybridized carbons (Fsp3) is 0.600. The topological polar surface area (TPSA) is 288 Å². The normalized spacial score (nSPS) is 16.7. The molecule has 10 N–H and O–H groups in total. The van der Waals surface area contributed by atoms with Crippen molar-refractivity contribution in [3.63, 3.8) is 0 Å². The predicted molar refractivity (Wildman–Crippen MR) is 202 cm³/mol. The molecular formula is C35H54N8O11S. The number of hydrogen-bond donors (Lipinski definition) is 9. The maximum atomic E-state index is 13.4. The second-order valence-electron chi connectivity index (χ2n) is 13.3. The molecule has 0 saturated carbocycles. The number of amides is 8. The largest absolute Gasteiger partial charge is 0.480 e. The number of carboxylic acid groups (broad SMARTS) is 1. The van der Waals surface area contributed by atoms with Crippen LogP contribution in [0.2, 0.25) is 0 Å². The zero-order valence-corrected chi connectivity index (χ0v) is 32.4. The van der Waals surface area contributed by atoms with E-state index in [1.54, 1.807) is 38.1 Å². The van der Waals surface area contributed by atoms with Crippen LogP contribution in [0.4, 0.5) is 15.3 Å². The summed E-state index contributed by atoms with van der Waals surface area (Å²) in [6.45, 7) is 5.12. The number of carbonyl (C=O) groups excluding carboxylic acids is 7. The van der Waals surface area contributed by atoms with Crippen molar-refractivity contribution in [2.75, 3.05) is 31.2 Å². The molecule has 20 heteroatoms. The Kier molecular flexibility index (Phi) is 19.8. The van der Waals surface area contributed by atoms with E-state index < -0.39 is 65.4 Å². The molecule has 19 nitrogen and oxygen atoms in total. The van der Waals surface area contributed by atoms with Gasteiger partial charge in [0.1, 0.15) is 31.0 Å². The maximum Gasteiger partial charge on any atom is 0.407 e. The first-order valence-electron chi connectivity index (χ1n) is 18.0. The third-order valence-corrected chi connectivity index (χ3v) is 9.77. The van der Waals surface area contributed by atoms with Gasteiger partial charge in [-0.3, -0.25) is 24.0 Å². The zero-order valence-electron chi connectivity index (χ0n) is 31.6. The van der Waals surface area contributed by atoms with Crippen LogP contribution < -0.4 is 37.6 Å². The van der Waals surface area contributed by atoms with Gasteiger partial charge in [0.25, 0.3) is 0 Å². The lowest BCUT2D eigenvalue weighted by molar-refractivity contribution is -0.140. The van der Waals surface area contributed by atoms with Gasteiger partial charge in [-0.1, -0.05) is 32.4 Å². The molecule has 306 valence electrons. The number of primary amides is 1. The summed E-state index contributed by atoms with van der Waals surface area (Å²) >= 11 is 1.06. The Balaban J connectivity index is 1.89. The number of nitrogens with two attached hydrogens (primary N) is 1. The van der Waals surface area contributed by atoms with E-state index in [1.807, 2.05) is 0 Å². The van der Waals surface area contributed by atoms with Crippen molar-refractivity contribution in [3.05, 3.63) is 29.8 Å². The van der Waals surface area contributed by atoms with Crippen molar-refractivity contribution in [3.8, 4) is 0 Å². The van der Waals surface area contributed by atoms with E-state index in [4.69, 9.17) is 10.5 Å². The molecule has 0 aromatic heterocycles. The first-order chi connectivity index (χ1) is 26.0. The number of aliphatic hydroxyl groups excluding tert-OH is 1. The third kappa shape index (κ3) is 16.8. The first-order valence-corrected chi connectivity index (χ1v) is 19.0. The smallest absolute Gasteiger partial charge is 0.407 e. The van der Waals surface area contributed by atoms with Gasteiger partial charge < -0.3 is 57.5 Å². The SMILES string of the molecule is CNC(=O)OCc1ccc(NC(=O)[C@H](CCCNC(N)=O)NC(=O)[C@@H](NC(=O)CCCCCN2C(=O)C(SC[C@H](NC(C)=O)C(=O)O)CC2O)C(C)C)cc1. The summed E-state index contributed by atoms with van der Waals surface area (Å²) in [4.78, 5) is 99.0. The molecule has 1 aliphatic rings. The van der Waals surface area contributed by atoms with E-state index in [0.717, 1.165) is 11.8 Å². The van der Waals surface area contributed by atoms with Gasteiger partial charge in [-0.05, 0) is 49.3 Å². The molecule has 1 aromatic carbocycles. The number of aliphatic hydroxyl groups is 1. The van der Waals surface area contributed by atoms with Gasteiger partial charge in [0.05, 0.1) is 5.25 Å². The second kappa shape index (κ2) is 23.6. The van der Waals surface area contributed by atoms with Crippen molar-refractivity contribution in [1.82, 2.24) is 31.5 Å². The van der Waals surface area contributed by atoms with Crippen LogP contribution in [-0.4, -0.2) is 118 Å². The first kappa shape index (κ1) is 46.0. The van der Waals surface area contributed by atoms with Crippen LogP contribution in [0.3, 0.4) is 0 Å². The van der Waals surface area contributed by atoms with Gasteiger partial charge in [-0.15, -0.1) is 11.8 Å². The average Bonchev–Trinajstić information content (AvgIpc) is 3.39. The van der Waals surface area contributed by atoms with Crippen molar-refractivity contribution in [2.24, 2.45) is 11.7 Å². The molecule has 8 amide bonds. The Hall–Kier alpha value is -5.11. The number of unbranched alkanes of at least 4 members (excludes halogenated alkanes) is 2. The molecule has 55 heavy (non-hydrogen) atoms. The summed E-state index contributed by atoms with van der Waals surface area (Å²) < 4.78 is 5.01. The van der Waals surface area contributed by atoms with Crippen molar-refractivity contribution < 1.29 is 53.3 Å². The number of carbonyl (C=O) groups is 8. The number of aliphatic carboxylic acids is 1. The predicted octanol–water partition coefficient (Wildman–Crippen LogP) is 0.357. The lowest BCUT2D eigenvalue weighted by Gasteiger charge is -2.25. The summed E-state index contributed by atoms with van der Waals surface area (Å²) in [7, 11) is 1.44. The van der Waals surface area contributed by atoms with Crippen molar-refractivity contribution >= 4 is 65.1 Å². The fourth-order valence-electron chi connectivity index (χ4n) is 5.49. The van der Waals surface area contributed by atoms with Crippen LogP contribution in [-0.2, 0) is 40.1 Å². The molecule has 2 rings (SSSR count). The van der Waals surface area contributed by atoms with Gasteiger partial charge in [-0.2, -0.15) is 0 Å². The number of hydrogen-bond acceptors (Lipinski definition) is 11. The molecule has 5 atom stereocenters. The minimum atomic E-state index is -1.22. The Morgan fingerprint density at radius 1 is 0.964 bits per heavy atom. The Labute approximate surface area is 324 Å². The highest BCUT2D eigenvalue weighted by molar-refractivity contribution is 8.00. The quantitative estimate of drug-likeness (QED) is 0.0679. The molecule has 1 heterocycles. The maximum absolute atomic E-state index is 13.4. The molecule has 0 spiro atoms. The van der Waals surface area contributed by atoms with Crippen LogP contribution >= 0.6 is 11.8 Å². The number of nitrogens with one attached hydrogen (secondary N) is 6. The number of carboxylic acids is 1. The molecule has 0 bridgehead atoms. The second-order valence-corrected chi connectivity index (χ2v) is 14.5. The molecule has 1 aliphatic heterocycles. The van der Waals surface area contributed by atoms with E-state index in [0.29, 0.717) is 36.9 Å². The number of benzene rings is 1. The van der Waals surface area contributed by atoms with Crippen LogP contribution in [0.5, 0.6) is 0 Å². The van der Waals surface area contributed by atoms with Crippen molar-refractivity contribution in [1.29, 1.82) is 0 Å². The van der Waals surface area contributed by atoms with Gasteiger partial charge in [0, 0.05) is 51.3 Å². The summed E-state index contributed by atoms with van der Waals surface area (Å²) in [5.41, 5.74) is 6.24. The molecule has 1 aromatic rings. The van der Waals surface area contributed by atoms with Gasteiger partial charge in [0.15, 0.2) is 0 Å². The average molecular weight is 795 g/mol. The molecule has 1 saturated heterocycles. The van der Waals surface area contributed by atoms with E-state index in [-0.39, 0.29) is 62.4 Å². The van der Waals surface area contributed by atoms with Crippen LogP contribution in [0.15, 0.2) is 24.3 Å². The summed E-state index contributed by atoms with van der Waals surface area (Å²) in [5.74, 6) is -3.92. The molecule has 0 aliphatic carbocycles. The monoisotopic (exact) mass is 794 g/mol. The van der Waals surface area contributed by atoms with Gasteiger partial charge in [0.2, 0.25) is 29.5 Å². The molecule has 0 radical (unpaired) electrons. The van der Waals surface area contributed by atoms with E-state index >= 15 is 0 Å². The van der Waals surface area contributed by atoms with E-state index in [9.17, 15) is 48.6 Å². The van der Waals surface area contributed by atoms with Gasteiger partial charge in [-0.25, -0.2) is 14.4 Å². The van der Waals surface area contributed by atoms with Crippen LogP contribution in [0.25, 0.3) is 0 Å². The minimum Gasteiger partial charge on any atom is -0.480 e. The number of rotatable bonds is 23. The number of urea groups is 1. The summed E-state index contributed by atoms with van der Waals surface area (Å²) in [6.07, 6.45) is 0.477. The zero-order chi connectivity index (χ0) is 41.1. The number of anilines is 1. The third-order valence-electron chi connectivity index (χ3n) is 8.45. The van der Waals surface area contributed by atoms with Crippen LogP contribution in [0.1, 0.15) is 71.3 Å². The molecule has 1 fully saturated rings. The Morgan fingerprint density at radius 2 is 1.65 bits per heavy atom. The fourth-order valence-corrected chi connectivity index (χ4v) is 6.73. The molecule has 2 unspecified atom stereocenters. The number of nitrogens with zero attached hydrogens (tertiary/aromatic N) is 1. The summed E-state index contributed by atoms with van der Waals surface area (Å²) in [6, 6.07) is 2.66. The highest BCUT2D eigenvalue weighted by atomic mass is 32.2. The number of ether oxygens (including phenoxy) is 1. The minimum absolute atomic E-state index is 0.0220. The van der Waals surface area contributed by atoms with E-state index in [2.05, 4.69) is 31.9 Å². The number of thioether (sulfide) groups is 1.